The Balaban J connectivity index is 1.98. The third kappa shape index (κ3) is 3.43. The second-order valence-corrected chi connectivity index (χ2v) is 6.74. The van der Waals surface area contributed by atoms with Crippen LogP contribution in [0.1, 0.15) is 5.56 Å². The zero-order valence-electron chi connectivity index (χ0n) is 10.8. The van der Waals surface area contributed by atoms with Crippen LogP contribution in [0.5, 0.6) is 0 Å². The molecule has 2 N–H and O–H groups in total. The maximum atomic E-state index is 13.8. The predicted molar refractivity (Wildman–Crippen MR) is 72.5 cm³/mol. The van der Waals surface area contributed by atoms with Crippen molar-refractivity contribution in [3.05, 3.63) is 29.6 Å². The summed E-state index contributed by atoms with van der Waals surface area (Å²) in [4.78, 5) is 2.03. The number of sulfonamides is 1. The number of hydrogen-bond donors (Lipinski definition) is 1. The van der Waals surface area contributed by atoms with Crippen LogP contribution in [0, 0.1) is 5.82 Å². The van der Waals surface area contributed by atoms with Crippen molar-refractivity contribution in [3.8, 4) is 0 Å². The summed E-state index contributed by atoms with van der Waals surface area (Å²) >= 11 is 0. The van der Waals surface area contributed by atoms with E-state index in [0.717, 1.165) is 0 Å². The van der Waals surface area contributed by atoms with Crippen LogP contribution in [0.4, 0.5) is 10.1 Å². The average molecular weight is 287 g/mol. The molecule has 0 atom stereocenters. The minimum atomic E-state index is -3.12. The monoisotopic (exact) mass is 287 g/mol. The summed E-state index contributed by atoms with van der Waals surface area (Å²) < 4.78 is 38.0. The first-order chi connectivity index (χ1) is 8.88. The molecule has 1 aromatic carbocycles. The Hall–Kier alpha value is -1.18. The van der Waals surface area contributed by atoms with Gasteiger partial charge in [0.25, 0.3) is 0 Å². The molecule has 7 heteroatoms. The lowest BCUT2D eigenvalue weighted by atomic mass is 10.1. The standard InChI is InChI=1S/C12H18FN3O2S/c1-19(17,18)16-7-5-15(6-8-16)9-10-3-2-4-11(14)12(10)13/h2-4H,5-9,14H2,1H3. The van der Waals surface area contributed by atoms with Gasteiger partial charge < -0.3 is 5.73 Å². The summed E-state index contributed by atoms with van der Waals surface area (Å²) in [5, 5.41) is 0. The largest absolute Gasteiger partial charge is 0.396 e. The zero-order valence-corrected chi connectivity index (χ0v) is 11.7. The van der Waals surface area contributed by atoms with Crippen molar-refractivity contribution in [2.45, 2.75) is 6.54 Å². The highest BCUT2D eigenvalue weighted by atomic mass is 32.2. The number of nitrogen functional groups attached to an aromatic ring is 1. The molecule has 1 aromatic rings. The molecule has 0 amide bonds. The van der Waals surface area contributed by atoms with Gasteiger partial charge in [0.15, 0.2) is 5.82 Å². The fourth-order valence-corrected chi connectivity index (χ4v) is 3.01. The lowest BCUT2D eigenvalue weighted by Crippen LogP contribution is -2.47. The van der Waals surface area contributed by atoms with Crippen LogP contribution < -0.4 is 5.73 Å². The van der Waals surface area contributed by atoms with Crippen molar-refractivity contribution >= 4 is 15.7 Å². The molecule has 1 saturated heterocycles. The molecule has 0 aliphatic carbocycles. The number of piperazine rings is 1. The van der Waals surface area contributed by atoms with E-state index >= 15 is 0 Å². The number of nitrogens with two attached hydrogens (primary N) is 1. The first-order valence-corrected chi connectivity index (χ1v) is 7.93. The Kier molecular flexibility index (Phi) is 4.07. The molecule has 0 aromatic heterocycles. The summed E-state index contributed by atoms with van der Waals surface area (Å²) in [7, 11) is -3.12. The van der Waals surface area contributed by atoms with Crippen LogP contribution in [0.2, 0.25) is 0 Å². The molecule has 1 fully saturated rings. The highest BCUT2D eigenvalue weighted by molar-refractivity contribution is 7.88. The van der Waals surface area contributed by atoms with Crippen molar-refractivity contribution < 1.29 is 12.8 Å². The topological polar surface area (TPSA) is 66.6 Å². The Morgan fingerprint density at radius 1 is 1.26 bits per heavy atom. The van der Waals surface area contributed by atoms with Crippen LogP contribution in [-0.4, -0.2) is 50.1 Å². The number of rotatable bonds is 3. The van der Waals surface area contributed by atoms with E-state index in [0.29, 0.717) is 38.3 Å². The lowest BCUT2D eigenvalue weighted by molar-refractivity contribution is 0.180. The second kappa shape index (κ2) is 5.44. The molecule has 2 rings (SSSR count). The third-order valence-corrected chi connectivity index (χ3v) is 4.61. The molecule has 0 bridgehead atoms. The van der Waals surface area contributed by atoms with Gasteiger partial charge in [0.1, 0.15) is 0 Å². The summed E-state index contributed by atoms with van der Waals surface area (Å²) in [5.74, 6) is -0.381. The van der Waals surface area contributed by atoms with Gasteiger partial charge in [0, 0.05) is 38.3 Å². The summed E-state index contributed by atoms with van der Waals surface area (Å²) in [6, 6.07) is 4.95. The van der Waals surface area contributed by atoms with Crippen LogP contribution in [0.3, 0.4) is 0 Å². The van der Waals surface area contributed by atoms with Gasteiger partial charge in [0.05, 0.1) is 11.9 Å². The van der Waals surface area contributed by atoms with E-state index in [1.54, 1.807) is 12.1 Å². The quantitative estimate of drug-likeness (QED) is 0.821. The van der Waals surface area contributed by atoms with E-state index in [1.165, 1.54) is 16.6 Å². The third-order valence-electron chi connectivity index (χ3n) is 3.30. The molecular formula is C12H18FN3O2S. The molecule has 0 saturated carbocycles. The number of anilines is 1. The SMILES string of the molecule is CS(=O)(=O)N1CCN(Cc2cccc(N)c2F)CC1. The van der Waals surface area contributed by atoms with Crippen molar-refractivity contribution in [2.75, 3.05) is 38.2 Å². The zero-order chi connectivity index (χ0) is 14.0. The maximum Gasteiger partial charge on any atom is 0.211 e. The molecule has 0 radical (unpaired) electrons. The maximum absolute atomic E-state index is 13.8. The van der Waals surface area contributed by atoms with E-state index in [-0.39, 0.29) is 11.5 Å². The molecule has 0 unspecified atom stereocenters. The number of hydrogen-bond acceptors (Lipinski definition) is 4. The van der Waals surface area contributed by atoms with Crippen LogP contribution in [0.25, 0.3) is 0 Å². The highest BCUT2D eigenvalue weighted by Crippen LogP contribution is 2.17. The fourth-order valence-electron chi connectivity index (χ4n) is 2.18. The van der Waals surface area contributed by atoms with Crippen molar-refractivity contribution in [2.24, 2.45) is 0 Å². The van der Waals surface area contributed by atoms with Gasteiger partial charge in [0.2, 0.25) is 10.0 Å². The number of halogens is 1. The predicted octanol–water partition coefficient (Wildman–Crippen LogP) is 0.485. The summed E-state index contributed by atoms with van der Waals surface area (Å²) in [6.07, 6.45) is 1.21. The number of benzene rings is 1. The van der Waals surface area contributed by atoms with E-state index < -0.39 is 10.0 Å². The molecule has 0 spiro atoms. The minimum absolute atomic E-state index is 0.146. The first kappa shape index (κ1) is 14.2. The van der Waals surface area contributed by atoms with Gasteiger partial charge in [-0.3, -0.25) is 4.90 Å². The van der Waals surface area contributed by atoms with Crippen molar-refractivity contribution in [1.29, 1.82) is 0 Å². The summed E-state index contributed by atoms with van der Waals surface area (Å²) in [6.45, 7) is 2.54. The molecule has 19 heavy (non-hydrogen) atoms. The molecule has 1 heterocycles. The molecule has 106 valence electrons. The molecule has 5 nitrogen and oxygen atoms in total. The molecule has 1 aliphatic rings. The van der Waals surface area contributed by atoms with Gasteiger partial charge >= 0.3 is 0 Å². The van der Waals surface area contributed by atoms with Gasteiger partial charge in [-0.1, -0.05) is 12.1 Å². The van der Waals surface area contributed by atoms with Crippen LogP contribution in [0.15, 0.2) is 18.2 Å². The van der Waals surface area contributed by atoms with E-state index in [4.69, 9.17) is 5.73 Å². The van der Waals surface area contributed by atoms with Gasteiger partial charge in [-0.25, -0.2) is 12.8 Å². The summed E-state index contributed by atoms with van der Waals surface area (Å²) in [5.41, 5.74) is 6.22. The van der Waals surface area contributed by atoms with Crippen molar-refractivity contribution in [3.63, 3.8) is 0 Å². The van der Waals surface area contributed by atoms with Crippen molar-refractivity contribution in [1.82, 2.24) is 9.21 Å². The van der Waals surface area contributed by atoms with E-state index in [9.17, 15) is 12.8 Å². The van der Waals surface area contributed by atoms with Crippen LogP contribution in [-0.2, 0) is 16.6 Å². The minimum Gasteiger partial charge on any atom is -0.396 e. The lowest BCUT2D eigenvalue weighted by Gasteiger charge is -2.33. The van der Waals surface area contributed by atoms with Gasteiger partial charge in [-0.2, -0.15) is 4.31 Å². The Morgan fingerprint density at radius 3 is 2.47 bits per heavy atom. The first-order valence-electron chi connectivity index (χ1n) is 6.08. The van der Waals surface area contributed by atoms with Gasteiger partial charge in [-0.05, 0) is 6.07 Å². The Morgan fingerprint density at radius 2 is 1.89 bits per heavy atom. The Labute approximate surface area is 112 Å². The second-order valence-electron chi connectivity index (χ2n) is 4.76. The Bertz CT molecular complexity index is 554. The smallest absolute Gasteiger partial charge is 0.211 e. The van der Waals surface area contributed by atoms with Crippen LogP contribution >= 0.6 is 0 Å². The molecule has 1 aliphatic heterocycles. The number of nitrogens with zero attached hydrogens (tertiary/aromatic N) is 2. The average Bonchev–Trinajstić information content (AvgIpc) is 2.35. The molecular weight excluding hydrogens is 269 g/mol. The van der Waals surface area contributed by atoms with Gasteiger partial charge in [-0.15, -0.1) is 0 Å². The van der Waals surface area contributed by atoms with E-state index in [2.05, 4.69) is 0 Å². The van der Waals surface area contributed by atoms with E-state index in [1.807, 2.05) is 4.90 Å². The normalized spacial score (nSPS) is 18.6. The highest BCUT2D eigenvalue weighted by Gasteiger charge is 2.23. The fraction of sp³-hybridized carbons (Fsp3) is 0.500.